The minimum Gasteiger partial charge on any atom is -0.445 e. The van der Waals surface area contributed by atoms with Crippen molar-refractivity contribution in [2.75, 3.05) is 164 Å². The van der Waals surface area contributed by atoms with Crippen molar-refractivity contribution in [3.63, 3.8) is 0 Å². The summed E-state index contributed by atoms with van der Waals surface area (Å²) in [5, 5.41) is 69.7. The molecule has 0 bridgehead atoms. The Morgan fingerprint density at radius 1 is 0.298 bits per heavy atom. The second kappa shape index (κ2) is 74.8. The lowest BCUT2D eigenvalue weighted by molar-refractivity contribution is 0.0294. The summed E-state index contributed by atoms with van der Waals surface area (Å²) < 4.78 is 101. The van der Waals surface area contributed by atoms with Crippen molar-refractivity contribution in [3.8, 4) is 0 Å². The van der Waals surface area contributed by atoms with Crippen LogP contribution in [0.4, 0.5) is 19.2 Å². The Kier molecular flexibility index (Phi) is 71.2. The molecule has 4 amide bonds. The number of amides is 4. The first-order valence-electron chi connectivity index (χ1n) is 44.1. The lowest BCUT2D eigenvalue weighted by atomic mass is 10.2. The van der Waals surface area contributed by atoms with Crippen LogP contribution in [0.5, 0.6) is 0 Å². The SMILES string of the molecule is CCOP(=O)(CC)OCC.CCOP(=O)(COC[C@H](CC)N(CCN(C(=O)OCc1ccccc1)[C@@H](CC)CO)C(=O)OCc1ccccc1)OCC.CCOP(=O)(COC[C@H](CC)NCCN[C@@H](CC)CO)OCC.CC[C@@H](CO)N(CCN(C(=O)OCc1ccccc1)[C@@H](CC)CO)C(=O)OCc1ccccc1.CC[C@@H](CO)NCCN[C@@H](CC)CO. The number of aliphatic hydroxyl groups is 6. The molecule has 8 atom stereocenters. The van der Waals surface area contributed by atoms with Gasteiger partial charge < -0.3 is 127 Å². The minimum absolute atomic E-state index is 0.0203. The topological polar surface area (TPSA) is 413 Å². The lowest BCUT2D eigenvalue weighted by Gasteiger charge is -2.34. The molecule has 0 saturated carbocycles. The monoisotopic (exact) mass is 1820 g/mol. The molecule has 4 aromatic rings. The maximum Gasteiger partial charge on any atom is 0.410 e. The van der Waals surface area contributed by atoms with Gasteiger partial charge in [-0.2, -0.15) is 0 Å². The Morgan fingerprint density at radius 3 is 0.734 bits per heavy atom. The zero-order valence-electron chi connectivity index (χ0n) is 76.9. The zero-order valence-corrected chi connectivity index (χ0v) is 79.6. The molecule has 0 aliphatic rings. The highest BCUT2D eigenvalue weighted by Gasteiger charge is 2.33. The first-order chi connectivity index (χ1) is 59.8. The van der Waals surface area contributed by atoms with E-state index in [-0.39, 0.29) is 149 Å². The molecule has 0 aliphatic heterocycles. The molecule has 0 aliphatic carbocycles. The predicted molar refractivity (Wildman–Crippen MR) is 485 cm³/mol. The molecule has 0 radical (unpaired) electrons. The Morgan fingerprint density at radius 2 is 0.524 bits per heavy atom. The van der Waals surface area contributed by atoms with Crippen molar-refractivity contribution in [3.05, 3.63) is 144 Å². The van der Waals surface area contributed by atoms with Crippen molar-refractivity contribution in [1.29, 1.82) is 0 Å². The van der Waals surface area contributed by atoms with E-state index >= 15 is 0 Å². The van der Waals surface area contributed by atoms with Crippen molar-refractivity contribution in [2.45, 2.75) is 230 Å². The third-order valence-electron chi connectivity index (χ3n) is 19.3. The van der Waals surface area contributed by atoms with E-state index in [9.17, 15) is 48.2 Å². The average molecular weight is 1820 g/mol. The smallest absolute Gasteiger partial charge is 0.410 e. The van der Waals surface area contributed by atoms with Gasteiger partial charge in [-0.25, -0.2) is 19.2 Å². The second-order valence-electron chi connectivity index (χ2n) is 28.2. The molecule has 0 unspecified atom stereocenters. The number of carbonyl (C=O) groups is 4. The number of ether oxygens (including phenoxy) is 6. The van der Waals surface area contributed by atoms with Crippen LogP contribution in [0.3, 0.4) is 0 Å². The van der Waals surface area contributed by atoms with E-state index in [2.05, 4.69) is 28.2 Å². The fourth-order valence-electron chi connectivity index (χ4n) is 11.8. The fraction of sp³-hybridized carbons (Fsp3) is 0.682. The normalized spacial score (nSPS) is 13.3. The van der Waals surface area contributed by atoms with Crippen LogP contribution in [0.2, 0.25) is 0 Å². The van der Waals surface area contributed by atoms with Crippen LogP contribution in [0.25, 0.3) is 0 Å². The van der Waals surface area contributed by atoms with Crippen molar-refractivity contribution in [1.82, 2.24) is 40.9 Å². The highest BCUT2D eigenvalue weighted by Crippen LogP contribution is 2.49. The van der Waals surface area contributed by atoms with Gasteiger partial charge in [0, 0.05) is 82.7 Å². The lowest BCUT2D eigenvalue weighted by Crippen LogP contribution is -2.50. The van der Waals surface area contributed by atoms with Gasteiger partial charge in [0.15, 0.2) is 0 Å². The highest BCUT2D eigenvalue weighted by molar-refractivity contribution is 7.54. The van der Waals surface area contributed by atoms with Gasteiger partial charge in [-0.3, -0.25) is 13.7 Å². The van der Waals surface area contributed by atoms with E-state index in [1.807, 2.05) is 170 Å². The van der Waals surface area contributed by atoms with E-state index < -0.39 is 71.3 Å². The van der Waals surface area contributed by atoms with Crippen LogP contribution in [-0.4, -0.2) is 287 Å². The van der Waals surface area contributed by atoms with Gasteiger partial charge in [0.2, 0.25) is 0 Å². The summed E-state index contributed by atoms with van der Waals surface area (Å²) in [6.45, 7) is 34.4. The van der Waals surface area contributed by atoms with E-state index in [1.54, 1.807) is 48.5 Å². The van der Waals surface area contributed by atoms with Crippen LogP contribution in [-0.2, 0) is 95.7 Å². The molecule has 0 spiro atoms. The molecule has 10 N–H and O–H groups in total. The van der Waals surface area contributed by atoms with E-state index in [0.29, 0.717) is 64.9 Å². The predicted octanol–water partition coefficient (Wildman–Crippen LogP) is 13.8. The van der Waals surface area contributed by atoms with Gasteiger partial charge in [-0.15, -0.1) is 0 Å². The molecule has 4 aromatic carbocycles. The molecular formula is C88H157N8O25P3. The maximum absolute atomic E-state index is 13.4. The average Bonchev–Trinajstić information content (AvgIpc) is 0.857. The quantitative estimate of drug-likeness (QED) is 0.0111. The Labute approximate surface area is 740 Å². The van der Waals surface area contributed by atoms with E-state index in [1.165, 1.54) is 19.6 Å². The number of rotatable bonds is 63. The number of hydrogen-bond donors (Lipinski definition) is 10. The second-order valence-corrected chi connectivity index (χ2v) is 34.5. The van der Waals surface area contributed by atoms with E-state index in [4.69, 9.17) is 70.9 Å². The first kappa shape index (κ1) is 118. The Hall–Kier alpha value is -6.07. The number of nitrogens with zero attached hydrogens (tertiary/aromatic N) is 4. The molecule has 33 nitrogen and oxygen atoms in total. The van der Waals surface area contributed by atoms with Crippen LogP contribution in [0.1, 0.15) is 177 Å². The van der Waals surface area contributed by atoms with Crippen molar-refractivity contribution >= 4 is 47.2 Å². The van der Waals surface area contributed by atoms with Crippen molar-refractivity contribution in [2.24, 2.45) is 0 Å². The molecule has 124 heavy (non-hydrogen) atoms. The summed E-state index contributed by atoms with van der Waals surface area (Å²) in [7, 11) is -9.28. The number of nitrogens with one attached hydrogen (secondary N) is 4. The molecule has 4 rings (SSSR count). The molecule has 0 heterocycles. The molecular weight excluding hydrogens is 1660 g/mol. The van der Waals surface area contributed by atoms with Gasteiger partial charge in [0.05, 0.1) is 117 Å². The van der Waals surface area contributed by atoms with Gasteiger partial charge >= 0.3 is 47.2 Å². The van der Waals surface area contributed by atoms with Gasteiger partial charge in [0.1, 0.15) is 39.1 Å². The third-order valence-corrected chi connectivity index (χ3v) is 25.0. The van der Waals surface area contributed by atoms with Gasteiger partial charge in [0.25, 0.3) is 0 Å². The first-order valence-corrected chi connectivity index (χ1v) is 49.3. The summed E-state index contributed by atoms with van der Waals surface area (Å²) in [4.78, 5) is 58.2. The number of aliphatic hydroxyl groups excluding tert-OH is 6. The minimum atomic E-state index is -3.45. The summed E-state index contributed by atoms with van der Waals surface area (Å²) in [5.74, 6) is 0. The Balaban J connectivity index is 0.00000166. The third kappa shape index (κ3) is 52.4. The molecule has 0 aromatic heterocycles. The summed E-state index contributed by atoms with van der Waals surface area (Å²) in [6, 6.07) is 36.1. The standard InChI is InChI=1S/C31H47N2O9P.C26H36N2O6.C15H35N2O5P.C10H24N2O2.C6H15O3P/c1-5-28(21-34)32(30(35)39-22-26-15-11-9-12-16-26)19-20-33(31(36)40-23-27-17-13-10-14-18-27)29(6-2)24-38-25-43(37,41-7-3)42-8-4;1-3-23(17-29)27(25(31)33-19-21-11-7-5-8-12-21)15-16-28(24(4-2)18-30)26(32)34-20-22-13-9-6-10-14-22;1-5-14(11-18)16-9-10-17-15(6-2)12-20-13-23(19,21-7-3)22-8-4;1-3-9(7-13)11-5-6-12-10(4-2)8-14;1-4-8-10(7,6-3)9-5-2/h9-18,28-29,34H,5-8,19-25H2,1-4H3;5-14,23-24,29-30H,3-4,15-20H2,1-2H3;14-18H,5-13H2,1-4H3;9-14H,3-8H2,1-2H3;4-6H2,1-3H3/t28-,29-;23-,24-;14-,15-;9-,10-;/m0000./s1. The zero-order chi connectivity index (χ0) is 92.7. The number of carbonyl (C=O) groups excluding carboxylic acids is 4. The molecule has 36 heteroatoms. The molecule has 0 saturated heterocycles. The molecule has 714 valence electrons. The largest absolute Gasteiger partial charge is 0.445 e. The van der Waals surface area contributed by atoms with Crippen LogP contribution in [0, 0.1) is 0 Å². The summed E-state index contributed by atoms with van der Waals surface area (Å²) in [5.41, 5.74) is 3.36. The van der Waals surface area contributed by atoms with Crippen LogP contribution < -0.4 is 21.3 Å². The van der Waals surface area contributed by atoms with Crippen LogP contribution in [0.15, 0.2) is 121 Å². The maximum atomic E-state index is 13.4. The van der Waals surface area contributed by atoms with E-state index in [0.717, 1.165) is 74.1 Å². The fourth-order valence-corrected chi connectivity index (χ4v) is 15.7. The van der Waals surface area contributed by atoms with Gasteiger partial charge in [-0.1, -0.05) is 184 Å². The summed E-state index contributed by atoms with van der Waals surface area (Å²) in [6.07, 6.45) is 3.54. The number of hydrogen-bond acceptors (Lipinski definition) is 29. The number of benzene rings is 4. The highest BCUT2D eigenvalue weighted by atomic mass is 31.2. The Bertz CT molecular complexity index is 3250. The molecule has 0 fully saturated rings. The van der Waals surface area contributed by atoms with Gasteiger partial charge in [-0.05, 0) is 115 Å². The van der Waals surface area contributed by atoms with Crippen LogP contribution >= 0.6 is 22.8 Å². The summed E-state index contributed by atoms with van der Waals surface area (Å²) >= 11 is 0. The van der Waals surface area contributed by atoms with Crippen molar-refractivity contribution < 1.29 is 119 Å².